The molecule has 0 spiro atoms. The first kappa shape index (κ1) is 22.3. The summed E-state index contributed by atoms with van der Waals surface area (Å²) in [7, 11) is 0. The van der Waals surface area contributed by atoms with Gasteiger partial charge in [-0.15, -0.1) is 0 Å². The van der Waals surface area contributed by atoms with Crippen molar-refractivity contribution < 1.29 is 19.0 Å². The molecule has 0 unspecified atom stereocenters. The van der Waals surface area contributed by atoms with Crippen molar-refractivity contribution in [2.75, 3.05) is 13.4 Å². The van der Waals surface area contributed by atoms with Crippen molar-refractivity contribution in [2.45, 2.75) is 19.9 Å². The fourth-order valence-corrected chi connectivity index (χ4v) is 5.78. The summed E-state index contributed by atoms with van der Waals surface area (Å²) < 4.78 is 18.4. The lowest BCUT2D eigenvalue weighted by Crippen LogP contribution is -2.40. The number of benzene rings is 3. The van der Waals surface area contributed by atoms with E-state index in [4.69, 9.17) is 14.2 Å². The lowest BCUT2D eigenvalue weighted by Gasteiger charge is -2.25. The van der Waals surface area contributed by atoms with E-state index >= 15 is 0 Å². The van der Waals surface area contributed by atoms with Crippen LogP contribution in [0.1, 0.15) is 31.0 Å². The Bertz CT molecular complexity index is 1740. The van der Waals surface area contributed by atoms with E-state index < -0.39 is 12.0 Å². The summed E-state index contributed by atoms with van der Waals surface area (Å²) in [5.74, 6) is 0.853. The fraction of sp³-hybridized carbons (Fsp3) is 0.179. The highest BCUT2D eigenvalue weighted by Crippen LogP contribution is 2.35. The standard InChI is InChI=1S/C28H22N2O5S/c1-3-33-27(32)24-16(2)29-28-30(25(24)20-10-6-8-18-7-4-5-9-19(18)20)26(31)23(36-28)14-17-11-12-21-22(13-17)35-15-34-21/h4-14,25H,3,15H2,1-2H3/t25-/m0/s1. The van der Waals surface area contributed by atoms with Crippen LogP contribution in [0.15, 0.2) is 81.7 Å². The fourth-order valence-electron chi connectivity index (χ4n) is 4.73. The van der Waals surface area contributed by atoms with Gasteiger partial charge in [-0.1, -0.05) is 59.9 Å². The van der Waals surface area contributed by atoms with Crippen LogP contribution in [0.4, 0.5) is 0 Å². The second-order valence-electron chi connectivity index (χ2n) is 8.48. The molecule has 7 nitrogen and oxygen atoms in total. The first-order valence-corrected chi connectivity index (χ1v) is 12.4. The topological polar surface area (TPSA) is 79.1 Å². The van der Waals surface area contributed by atoms with Gasteiger partial charge in [-0.05, 0) is 54.0 Å². The molecule has 0 N–H and O–H groups in total. The van der Waals surface area contributed by atoms with Gasteiger partial charge in [0.25, 0.3) is 5.56 Å². The van der Waals surface area contributed by atoms with Crippen molar-refractivity contribution in [3.8, 4) is 11.5 Å². The lowest BCUT2D eigenvalue weighted by molar-refractivity contribution is -0.139. The number of fused-ring (bicyclic) bond motifs is 3. The van der Waals surface area contributed by atoms with Crippen LogP contribution in [0, 0.1) is 0 Å². The van der Waals surface area contributed by atoms with Crippen LogP contribution in [-0.4, -0.2) is 23.9 Å². The van der Waals surface area contributed by atoms with Gasteiger partial charge in [0.1, 0.15) is 0 Å². The third-order valence-electron chi connectivity index (χ3n) is 6.33. The van der Waals surface area contributed by atoms with Gasteiger partial charge in [-0.3, -0.25) is 9.36 Å². The number of esters is 1. The Morgan fingerprint density at radius 3 is 2.81 bits per heavy atom. The molecule has 4 aromatic rings. The number of ether oxygens (including phenoxy) is 3. The van der Waals surface area contributed by atoms with Crippen LogP contribution < -0.4 is 24.4 Å². The lowest BCUT2D eigenvalue weighted by atomic mass is 9.91. The number of rotatable bonds is 4. The van der Waals surface area contributed by atoms with Crippen LogP contribution in [-0.2, 0) is 9.53 Å². The zero-order valence-electron chi connectivity index (χ0n) is 19.7. The second kappa shape index (κ2) is 8.80. The Balaban J connectivity index is 1.59. The average molecular weight is 499 g/mol. The summed E-state index contributed by atoms with van der Waals surface area (Å²) in [4.78, 5) is 32.2. The van der Waals surface area contributed by atoms with E-state index in [0.29, 0.717) is 32.1 Å². The number of hydrogen-bond acceptors (Lipinski definition) is 7. The van der Waals surface area contributed by atoms with Crippen molar-refractivity contribution >= 4 is 34.2 Å². The van der Waals surface area contributed by atoms with Crippen LogP contribution >= 0.6 is 11.3 Å². The van der Waals surface area contributed by atoms with Crippen LogP contribution in [0.3, 0.4) is 0 Å². The van der Waals surface area contributed by atoms with Crippen molar-refractivity contribution in [2.24, 2.45) is 4.99 Å². The van der Waals surface area contributed by atoms with Gasteiger partial charge in [0, 0.05) is 0 Å². The SMILES string of the molecule is CCOC(=O)C1=C(C)N=c2sc(=Cc3ccc4c(c3)OCO4)c(=O)n2[C@H]1c1cccc2ccccc12. The van der Waals surface area contributed by atoms with Crippen molar-refractivity contribution in [3.63, 3.8) is 0 Å². The molecule has 8 heteroatoms. The quantitative estimate of drug-likeness (QED) is 0.401. The molecule has 0 fully saturated rings. The minimum atomic E-state index is -0.662. The number of aromatic nitrogens is 1. The van der Waals surface area contributed by atoms with Gasteiger partial charge >= 0.3 is 5.97 Å². The van der Waals surface area contributed by atoms with Crippen molar-refractivity contribution in [3.05, 3.63) is 103 Å². The Morgan fingerprint density at radius 2 is 1.94 bits per heavy atom. The molecular weight excluding hydrogens is 476 g/mol. The molecule has 180 valence electrons. The maximum atomic E-state index is 13.9. The van der Waals surface area contributed by atoms with Crippen LogP contribution in [0.5, 0.6) is 11.5 Å². The molecule has 1 atom stereocenters. The number of thiazole rings is 1. The van der Waals surface area contributed by atoms with E-state index in [1.807, 2.05) is 66.7 Å². The summed E-state index contributed by atoms with van der Waals surface area (Å²) in [6.07, 6.45) is 1.81. The largest absolute Gasteiger partial charge is 0.463 e. The number of allylic oxidation sites excluding steroid dienone is 1. The van der Waals surface area contributed by atoms with E-state index in [-0.39, 0.29) is 19.0 Å². The molecule has 2 aliphatic rings. The molecule has 6 rings (SSSR count). The predicted molar refractivity (Wildman–Crippen MR) is 137 cm³/mol. The molecule has 3 aromatic carbocycles. The molecule has 0 amide bonds. The van der Waals surface area contributed by atoms with Crippen molar-refractivity contribution in [1.29, 1.82) is 0 Å². The monoisotopic (exact) mass is 498 g/mol. The molecule has 36 heavy (non-hydrogen) atoms. The number of carbonyl (C=O) groups is 1. The van der Waals surface area contributed by atoms with E-state index in [1.54, 1.807) is 18.4 Å². The number of hydrogen-bond donors (Lipinski definition) is 0. The normalized spacial score (nSPS) is 16.7. The molecule has 0 bridgehead atoms. The summed E-state index contributed by atoms with van der Waals surface area (Å²) in [6, 6.07) is 18.8. The molecule has 2 aliphatic heterocycles. The molecule has 0 aliphatic carbocycles. The third-order valence-corrected chi connectivity index (χ3v) is 7.31. The van der Waals surface area contributed by atoms with Crippen molar-refractivity contribution in [1.82, 2.24) is 4.57 Å². The maximum Gasteiger partial charge on any atom is 0.338 e. The number of carbonyl (C=O) groups excluding carboxylic acids is 1. The Kier molecular flexibility index (Phi) is 5.45. The Labute approximate surface area is 210 Å². The summed E-state index contributed by atoms with van der Waals surface area (Å²) in [6.45, 7) is 3.97. The summed E-state index contributed by atoms with van der Waals surface area (Å²) >= 11 is 1.29. The van der Waals surface area contributed by atoms with Crippen LogP contribution in [0.25, 0.3) is 16.8 Å². The minimum absolute atomic E-state index is 0.182. The Hall–Kier alpha value is -4.17. The summed E-state index contributed by atoms with van der Waals surface area (Å²) in [5.41, 5.74) is 2.36. The second-order valence-corrected chi connectivity index (χ2v) is 9.49. The van der Waals surface area contributed by atoms with Gasteiger partial charge in [-0.2, -0.15) is 0 Å². The van der Waals surface area contributed by atoms with Gasteiger partial charge in [0.15, 0.2) is 16.3 Å². The van der Waals surface area contributed by atoms with Gasteiger partial charge in [0.05, 0.1) is 28.5 Å². The van der Waals surface area contributed by atoms with E-state index in [2.05, 4.69) is 4.99 Å². The highest BCUT2D eigenvalue weighted by atomic mass is 32.1. The molecule has 0 saturated carbocycles. The minimum Gasteiger partial charge on any atom is -0.463 e. The van der Waals surface area contributed by atoms with Gasteiger partial charge in [0.2, 0.25) is 6.79 Å². The van der Waals surface area contributed by atoms with Gasteiger partial charge < -0.3 is 14.2 Å². The zero-order chi connectivity index (χ0) is 24.8. The molecule has 0 radical (unpaired) electrons. The molecule has 0 saturated heterocycles. The average Bonchev–Trinajstić information content (AvgIpc) is 3.47. The van der Waals surface area contributed by atoms with E-state index in [0.717, 1.165) is 21.9 Å². The van der Waals surface area contributed by atoms with Crippen LogP contribution in [0.2, 0.25) is 0 Å². The molecule has 1 aromatic heterocycles. The third kappa shape index (κ3) is 3.61. The molecular formula is C28H22N2O5S. The van der Waals surface area contributed by atoms with E-state index in [9.17, 15) is 9.59 Å². The first-order valence-electron chi connectivity index (χ1n) is 11.6. The highest BCUT2D eigenvalue weighted by molar-refractivity contribution is 7.07. The molecule has 3 heterocycles. The Morgan fingerprint density at radius 1 is 1.14 bits per heavy atom. The van der Waals surface area contributed by atoms with E-state index in [1.165, 1.54) is 11.3 Å². The highest BCUT2D eigenvalue weighted by Gasteiger charge is 2.34. The summed E-state index contributed by atoms with van der Waals surface area (Å²) in [5, 5.41) is 1.99. The van der Waals surface area contributed by atoms with Gasteiger partial charge in [-0.25, -0.2) is 9.79 Å². The zero-order valence-corrected chi connectivity index (χ0v) is 20.5. The smallest absolute Gasteiger partial charge is 0.338 e. The first-order chi connectivity index (χ1) is 17.5. The predicted octanol–water partition coefficient (Wildman–Crippen LogP) is 3.68. The maximum absolute atomic E-state index is 13.9. The number of nitrogens with zero attached hydrogens (tertiary/aromatic N) is 2.